The van der Waals surface area contributed by atoms with Crippen molar-refractivity contribution < 1.29 is 0 Å². The number of nitrogens with zero attached hydrogens (tertiary/aromatic N) is 1. The smallest absolute Gasteiger partial charge is 0.0467 e. The standard InChI is InChI=1S/C59H51N/c1-58(2)55-20-7-6-17-53(55)54-35-46(23-30-56(54)58)45-15-8-16-50(34-45)60(49-28-24-47(25-29-49)59-36-39-31-40(37-59)33-41(32-39)38-59)48-26-21-43(22-27-48)52-19-10-14-44-13-9-18-51(57(44)52)42-11-4-3-5-12-42/h3-30,34-35,39-41H,31-33,36-38H2,1-2H3. The van der Waals surface area contributed by atoms with Crippen molar-refractivity contribution in [3.05, 3.63) is 199 Å². The second-order valence-corrected chi connectivity index (χ2v) is 19.2. The summed E-state index contributed by atoms with van der Waals surface area (Å²) in [5.41, 5.74) is 18.5. The van der Waals surface area contributed by atoms with Crippen LogP contribution in [0.2, 0.25) is 0 Å². The minimum absolute atomic E-state index is 0.00719. The molecule has 0 saturated heterocycles. The highest BCUT2D eigenvalue weighted by Gasteiger charge is 2.51. The van der Waals surface area contributed by atoms with Crippen molar-refractivity contribution in [1.29, 1.82) is 0 Å². The van der Waals surface area contributed by atoms with Crippen LogP contribution in [-0.2, 0) is 10.8 Å². The summed E-state index contributed by atoms with van der Waals surface area (Å²) in [6.07, 6.45) is 8.56. The van der Waals surface area contributed by atoms with Crippen LogP contribution in [0.4, 0.5) is 17.1 Å². The molecule has 1 heteroatoms. The van der Waals surface area contributed by atoms with Gasteiger partial charge in [-0.25, -0.2) is 0 Å². The molecule has 1 nitrogen and oxygen atoms in total. The van der Waals surface area contributed by atoms with Gasteiger partial charge in [-0.05, 0) is 176 Å². The molecule has 4 saturated carbocycles. The molecule has 0 radical (unpaired) electrons. The van der Waals surface area contributed by atoms with Crippen LogP contribution in [0.25, 0.3) is 55.3 Å². The summed E-state index contributed by atoms with van der Waals surface area (Å²) < 4.78 is 0. The van der Waals surface area contributed by atoms with Crippen LogP contribution in [0.3, 0.4) is 0 Å². The molecule has 0 N–H and O–H groups in total. The quantitative estimate of drug-likeness (QED) is 0.156. The van der Waals surface area contributed by atoms with E-state index in [1.807, 2.05) is 0 Å². The van der Waals surface area contributed by atoms with Gasteiger partial charge in [0, 0.05) is 22.5 Å². The van der Waals surface area contributed by atoms with Crippen molar-refractivity contribution in [3.8, 4) is 44.5 Å². The zero-order valence-electron chi connectivity index (χ0n) is 34.7. The van der Waals surface area contributed by atoms with E-state index in [0.29, 0.717) is 5.41 Å². The molecule has 0 aliphatic heterocycles. The van der Waals surface area contributed by atoms with E-state index in [-0.39, 0.29) is 5.41 Å². The molecule has 4 fully saturated rings. The largest absolute Gasteiger partial charge is 0.310 e. The fourth-order valence-corrected chi connectivity index (χ4v) is 12.8. The van der Waals surface area contributed by atoms with Crippen LogP contribution in [0, 0.1) is 17.8 Å². The van der Waals surface area contributed by atoms with Crippen molar-refractivity contribution in [2.45, 2.75) is 63.2 Å². The van der Waals surface area contributed by atoms with Gasteiger partial charge < -0.3 is 4.90 Å². The maximum atomic E-state index is 2.49. The average Bonchev–Trinajstić information content (AvgIpc) is 3.51. The van der Waals surface area contributed by atoms with E-state index in [0.717, 1.165) is 23.4 Å². The normalized spacial score (nSPS) is 21.8. The van der Waals surface area contributed by atoms with Gasteiger partial charge in [-0.3, -0.25) is 0 Å². The average molecular weight is 774 g/mol. The lowest BCUT2D eigenvalue weighted by Crippen LogP contribution is -2.48. The maximum Gasteiger partial charge on any atom is 0.0467 e. The Hall–Kier alpha value is -6.18. The van der Waals surface area contributed by atoms with Crippen LogP contribution in [0.5, 0.6) is 0 Å². The van der Waals surface area contributed by atoms with E-state index in [1.165, 1.54) is 116 Å². The molecule has 292 valence electrons. The summed E-state index contributed by atoms with van der Waals surface area (Å²) >= 11 is 0. The fourth-order valence-electron chi connectivity index (χ4n) is 12.8. The van der Waals surface area contributed by atoms with Crippen LogP contribution >= 0.6 is 0 Å². The minimum atomic E-state index is -0.00719. The summed E-state index contributed by atoms with van der Waals surface area (Å²) in [5.74, 6) is 2.79. The predicted molar refractivity (Wildman–Crippen MR) is 252 cm³/mol. The van der Waals surface area contributed by atoms with Gasteiger partial charge in [0.1, 0.15) is 0 Å². The number of benzene rings is 8. The van der Waals surface area contributed by atoms with Crippen molar-refractivity contribution in [2.75, 3.05) is 4.90 Å². The molecular formula is C59H51N. The summed E-state index contributed by atoms with van der Waals surface area (Å²) in [7, 11) is 0. The van der Waals surface area contributed by atoms with Crippen LogP contribution in [0.1, 0.15) is 69.1 Å². The second-order valence-electron chi connectivity index (χ2n) is 19.2. The van der Waals surface area contributed by atoms with E-state index in [1.54, 1.807) is 5.56 Å². The zero-order chi connectivity index (χ0) is 40.0. The molecule has 4 bridgehead atoms. The third kappa shape index (κ3) is 5.73. The predicted octanol–water partition coefficient (Wildman–Crippen LogP) is 16.1. The third-order valence-electron chi connectivity index (χ3n) is 15.2. The van der Waals surface area contributed by atoms with Gasteiger partial charge in [-0.2, -0.15) is 0 Å². The van der Waals surface area contributed by atoms with E-state index >= 15 is 0 Å². The summed E-state index contributed by atoms with van der Waals surface area (Å²) in [4.78, 5) is 2.47. The Bertz CT molecular complexity index is 2880. The Morgan fingerprint density at radius 2 is 0.917 bits per heavy atom. The maximum absolute atomic E-state index is 2.49. The molecule has 13 rings (SSSR count). The third-order valence-corrected chi connectivity index (χ3v) is 15.2. The summed E-state index contributed by atoms with van der Waals surface area (Å²) in [5, 5.41) is 2.55. The Morgan fingerprint density at radius 3 is 1.60 bits per heavy atom. The molecule has 5 aliphatic rings. The first-order valence-electron chi connectivity index (χ1n) is 22.3. The second kappa shape index (κ2) is 13.7. The highest BCUT2D eigenvalue weighted by Crippen LogP contribution is 2.61. The molecule has 5 aliphatic carbocycles. The summed E-state index contributed by atoms with van der Waals surface area (Å²) in [6, 6.07) is 68.6. The van der Waals surface area contributed by atoms with Gasteiger partial charge in [0.2, 0.25) is 0 Å². The topological polar surface area (TPSA) is 3.24 Å². The van der Waals surface area contributed by atoms with Crippen LogP contribution in [0.15, 0.2) is 182 Å². The molecule has 0 atom stereocenters. The highest BCUT2D eigenvalue weighted by molar-refractivity contribution is 6.06. The Balaban J connectivity index is 0.955. The van der Waals surface area contributed by atoms with Gasteiger partial charge in [0.25, 0.3) is 0 Å². The molecule has 8 aromatic rings. The molecule has 0 spiro atoms. The van der Waals surface area contributed by atoms with Gasteiger partial charge in [-0.1, -0.05) is 153 Å². The van der Waals surface area contributed by atoms with Crippen molar-refractivity contribution in [1.82, 2.24) is 0 Å². The number of hydrogen-bond donors (Lipinski definition) is 0. The van der Waals surface area contributed by atoms with Crippen LogP contribution < -0.4 is 4.90 Å². The number of hydrogen-bond acceptors (Lipinski definition) is 1. The first-order chi connectivity index (χ1) is 29.4. The lowest BCUT2D eigenvalue weighted by Gasteiger charge is -2.57. The lowest BCUT2D eigenvalue weighted by molar-refractivity contribution is -0.00518. The van der Waals surface area contributed by atoms with Gasteiger partial charge in [0.15, 0.2) is 0 Å². The lowest BCUT2D eigenvalue weighted by atomic mass is 9.48. The van der Waals surface area contributed by atoms with Gasteiger partial charge >= 0.3 is 0 Å². The molecule has 0 amide bonds. The minimum Gasteiger partial charge on any atom is -0.310 e. The number of fused-ring (bicyclic) bond motifs is 4. The van der Waals surface area contributed by atoms with E-state index < -0.39 is 0 Å². The number of rotatable bonds is 7. The van der Waals surface area contributed by atoms with Crippen molar-refractivity contribution >= 4 is 27.8 Å². The van der Waals surface area contributed by atoms with Crippen molar-refractivity contribution in [2.24, 2.45) is 17.8 Å². The Morgan fingerprint density at radius 1 is 0.400 bits per heavy atom. The number of anilines is 3. The summed E-state index contributed by atoms with van der Waals surface area (Å²) in [6.45, 7) is 4.72. The van der Waals surface area contributed by atoms with E-state index in [9.17, 15) is 0 Å². The Kier molecular flexibility index (Phi) is 8.15. The molecule has 8 aromatic carbocycles. The molecular weight excluding hydrogens is 723 g/mol. The monoisotopic (exact) mass is 773 g/mol. The zero-order valence-corrected chi connectivity index (χ0v) is 34.7. The van der Waals surface area contributed by atoms with Gasteiger partial charge in [0.05, 0.1) is 0 Å². The van der Waals surface area contributed by atoms with Crippen molar-refractivity contribution in [3.63, 3.8) is 0 Å². The van der Waals surface area contributed by atoms with E-state index in [2.05, 4.69) is 201 Å². The first-order valence-corrected chi connectivity index (χ1v) is 22.3. The molecule has 0 aromatic heterocycles. The molecule has 0 heterocycles. The van der Waals surface area contributed by atoms with E-state index in [4.69, 9.17) is 0 Å². The van der Waals surface area contributed by atoms with Crippen LogP contribution in [-0.4, -0.2) is 0 Å². The molecule has 60 heavy (non-hydrogen) atoms. The fraction of sp³-hybridized carbons (Fsp3) is 0.220. The Labute approximate surface area is 355 Å². The molecule has 0 unspecified atom stereocenters. The first kappa shape index (κ1) is 35.7. The highest BCUT2D eigenvalue weighted by atomic mass is 15.1. The SMILES string of the molecule is CC1(C)c2ccccc2-c2cc(-c3cccc(N(c4ccc(-c5cccc6cccc(-c7ccccc7)c56)cc4)c4ccc(C56CC7CC(CC(C7)C5)C6)cc4)c3)ccc21. The van der Waals surface area contributed by atoms with Gasteiger partial charge in [-0.15, -0.1) is 0 Å².